The third-order valence-electron chi connectivity index (χ3n) is 2.34. The van der Waals surface area contributed by atoms with Gasteiger partial charge in [-0.3, -0.25) is 0 Å². The number of aryl methyl sites for hydroxylation is 1. The van der Waals surface area contributed by atoms with Crippen molar-refractivity contribution in [3.63, 3.8) is 0 Å². The molecule has 1 aromatic heterocycles. The van der Waals surface area contributed by atoms with E-state index in [1.807, 2.05) is 0 Å². The lowest BCUT2D eigenvalue weighted by Crippen LogP contribution is -2.07. The van der Waals surface area contributed by atoms with Crippen molar-refractivity contribution in [3.8, 4) is 0 Å². The maximum Gasteiger partial charge on any atom is 0.244 e. The van der Waals surface area contributed by atoms with Crippen molar-refractivity contribution >= 4 is 17.4 Å². The minimum Gasteiger partial charge on any atom is -0.368 e. The molecule has 1 aromatic carbocycles. The van der Waals surface area contributed by atoms with Gasteiger partial charge in [0.15, 0.2) is 0 Å². The molecule has 4 nitrogen and oxygen atoms in total. The first kappa shape index (κ1) is 11.8. The van der Waals surface area contributed by atoms with Crippen molar-refractivity contribution in [1.29, 1.82) is 0 Å². The average molecular weight is 249 g/mol. The lowest BCUT2D eigenvalue weighted by Gasteiger charge is -2.05. The molecular weight excluding hydrogens is 236 g/mol. The summed E-state index contributed by atoms with van der Waals surface area (Å²) in [5.74, 6) is 0.651. The number of anilines is 1. The van der Waals surface area contributed by atoms with E-state index >= 15 is 0 Å². The average Bonchev–Trinajstić information content (AvgIpc) is 2.29. The van der Waals surface area contributed by atoms with Crippen molar-refractivity contribution in [2.45, 2.75) is 13.3 Å². The largest absolute Gasteiger partial charge is 0.368 e. The van der Waals surface area contributed by atoms with Crippen molar-refractivity contribution in [1.82, 2.24) is 15.2 Å². The molecule has 0 saturated carbocycles. The molecule has 0 bridgehead atoms. The van der Waals surface area contributed by atoms with Crippen LogP contribution >= 0.6 is 11.6 Å². The Morgan fingerprint density at radius 2 is 2.24 bits per heavy atom. The van der Waals surface area contributed by atoms with Crippen LogP contribution < -0.4 is 5.32 Å². The van der Waals surface area contributed by atoms with Crippen LogP contribution in [0.3, 0.4) is 0 Å². The zero-order valence-electron chi connectivity index (χ0n) is 9.52. The Balaban J connectivity index is 1.87. The van der Waals surface area contributed by atoms with Gasteiger partial charge in [0.1, 0.15) is 5.82 Å². The van der Waals surface area contributed by atoms with Crippen molar-refractivity contribution < 1.29 is 0 Å². The normalized spacial score (nSPS) is 10.2. The molecule has 2 aromatic rings. The van der Waals surface area contributed by atoms with Gasteiger partial charge in [0.05, 0.1) is 6.20 Å². The number of rotatable bonds is 4. The van der Waals surface area contributed by atoms with Crippen molar-refractivity contribution in [2.75, 3.05) is 11.9 Å². The Hall–Kier alpha value is -1.68. The summed E-state index contributed by atoms with van der Waals surface area (Å²) in [5, 5.41) is 10.6. The number of nitrogens with one attached hydrogen (secondary N) is 1. The van der Waals surface area contributed by atoms with Crippen LogP contribution in [0.15, 0.2) is 30.5 Å². The summed E-state index contributed by atoms with van der Waals surface area (Å²) in [6, 6.07) is 8.44. The third-order valence-corrected chi connectivity index (χ3v) is 2.50. The Bertz CT molecular complexity index is 456. The van der Waals surface area contributed by atoms with E-state index in [2.05, 4.69) is 51.7 Å². The van der Waals surface area contributed by atoms with Gasteiger partial charge in [0.2, 0.25) is 5.28 Å². The van der Waals surface area contributed by atoms with E-state index in [-0.39, 0.29) is 5.28 Å². The number of hydrogen-bond acceptors (Lipinski definition) is 4. The monoisotopic (exact) mass is 248 g/mol. The highest BCUT2D eigenvalue weighted by molar-refractivity contribution is 6.28. The number of benzene rings is 1. The summed E-state index contributed by atoms with van der Waals surface area (Å²) in [4.78, 5) is 4.00. The van der Waals surface area contributed by atoms with Gasteiger partial charge in [0.25, 0.3) is 0 Å². The molecule has 0 amide bonds. The summed E-state index contributed by atoms with van der Waals surface area (Å²) >= 11 is 5.64. The molecule has 88 valence electrons. The molecule has 0 saturated heterocycles. The van der Waals surface area contributed by atoms with Crippen LogP contribution in [0.25, 0.3) is 0 Å². The van der Waals surface area contributed by atoms with Gasteiger partial charge in [-0.05, 0) is 30.5 Å². The molecule has 0 atom stereocenters. The fourth-order valence-corrected chi connectivity index (χ4v) is 1.70. The van der Waals surface area contributed by atoms with Crippen molar-refractivity contribution in [3.05, 3.63) is 46.9 Å². The van der Waals surface area contributed by atoms with Gasteiger partial charge in [-0.15, -0.1) is 5.10 Å². The van der Waals surface area contributed by atoms with Crippen LogP contribution in [0.4, 0.5) is 5.82 Å². The maximum absolute atomic E-state index is 5.64. The number of hydrogen-bond donors (Lipinski definition) is 1. The van der Waals surface area contributed by atoms with Gasteiger partial charge in [-0.25, -0.2) is 0 Å². The molecule has 0 aliphatic heterocycles. The van der Waals surface area contributed by atoms with Gasteiger partial charge in [0, 0.05) is 6.54 Å². The summed E-state index contributed by atoms with van der Waals surface area (Å²) in [6.45, 7) is 2.88. The summed E-state index contributed by atoms with van der Waals surface area (Å²) in [6.07, 6.45) is 2.49. The van der Waals surface area contributed by atoms with Crippen LogP contribution in [0.2, 0.25) is 5.28 Å². The highest BCUT2D eigenvalue weighted by atomic mass is 35.5. The van der Waals surface area contributed by atoms with Gasteiger partial charge >= 0.3 is 0 Å². The molecular formula is C12H13ClN4. The van der Waals surface area contributed by atoms with Crippen LogP contribution in [-0.2, 0) is 6.42 Å². The standard InChI is InChI=1S/C12H13ClN4/c1-9-3-2-4-10(7-9)5-6-14-11-8-15-17-12(13)16-11/h2-4,7-8H,5-6H2,1H3,(H,14,16,17). The third kappa shape index (κ3) is 3.67. The minimum atomic E-state index is 0.158. The van der Waals surface area contributed by atoms with Crippen LogP contribution in [0.5, 0.6) is 0 Å². The summed E-state index contributed by atoms with van der Waals surface area (Å²) in [5.41, 5.74) is 2.57. The zero-order valence-corrected chi connectivity index (χ0v) is 10.3. The second kappa shape index (κ2) is 5.59. The Labute approximate surface area is 105 Å². The predicted molar refractivity (Wildman–Crippen MR) is 68.2 cm³/mol. The lowest BCUT2D eigenvalue weighted by molar-refractivity contribution is 0.943. The molecule has 1 heterocycles. The van der Waals surface area contributed by atoms with Crippen LogP contribution in [0.1, 0.15) is 11.1 Å². The molecule has 0 aliphatic carbocycles. The molecule has 0 spiro atoms. The topological polar surface area (TPSA) is 50.7 Å². The molecule has 2 rings (SSSR count). The molecule has 0 unspecified atom stereocenters. The van der Waals surface area contributed by atoms with E-state index in [0.717, 1.165) is 13.0 Å². The first-order chi connectivity index (χ1) is 8.24. The molecule has 0 fully saturated rings. The SMILES string of the molecule is Cc1cccc(CCNc2cnnc(Cl)n2)c1. The first-order valence-electron chi connectivity index (χ1n) is 5.39. The number of halogens is 1. The van der Waals surface area contributed by atoms with Gasteiger partial charge in [-0.1, -0.05) is 29.8 Å². The van der Waals surface area contributed by atoms with Crippen LogP contribution in [-0.4, -0.2) is 21.7 Å². The molecule has 0 aliphatic rings. The predicted octanol–water partition coefficient (Wildman–Crippen LogP) is 2.49. The highest BCUT2D eigenvalue weighted by Crippen LogP contribution is 2.06. The minimum absolute atomic E-state index is 0.158. The van der Waals surface area contributed by atoms with E-state index in [1.165, 1.54) is 11.1 Å². The highest BCUT2D eigenvalue weighted by Gasteiger charge is 1.97. The zero-order chi connectivity index (χ0) is 12.1. The Morgan fingerprint density at radius 1 is 1.35 bits per heavy atom. The van der Waals surface area contributed by atoms with Crippen LogP contribution in [0, 0.1) is 6.92 Å². The second-order valence-corrected chi connectivity index (χ2v) is 4.11. The lowest BCUT2D eigenvalue weighted by atomic mass is 10.1. The van der Waals surface area contributed by atoms with Gasteiger partial charge < -0.3 is 5.32 Å². The number of aromatic nitrogens is 3. The fraction of sp³-hybridized carbons (Fsp3) is 0.250. The van der Waals surface area contributed by atoms with E-state index in [0.29, 0.717) is 5.82 Å². The number of nitrogens with zero attached hydrogens (tertiary/aromatic N) is 3. The molecule has 5 heteroatoms. The summed E-state index contributed by atoms with van der Waals surface area (Å²) in [7, 11) is 0. The quantitative estimate of drug-likeness (QED) is 0.903. The van der Waals surface area contributed by atoms with Crippen molar-refractivity contribution in [2.24, 2.45) is 0 Å². The smallest absolute Gasteiger partial charge is 0.244 e. The van der Waals surface area contributed by atoms with E-state index in [4.69, 9.17) is 11.6 Å². The van der Waals surface area contributed by atoms with E-state index in [9.17, 15) is 0 Å². The molecule has 0 radical (unpaired) electrons. The second-order valence-electron chi connectivity index (χ2n) is 3.78. The van der Waals surface area contributed by atoms with E-state index in [1.54, 1.807) is 6.20 Å². The first-order valence-corrected chi connectivity index (χ1v) is 5.76. The summed E-state index contributed by atoms with van der Waals surface area (Å²) < 4.78 is 0. The fourth-order valence-electron chi connectivity index (χ4n) is 1.57. The van der Waals surface area contributed by atoms with Gasteiger partial charge in [-0.2, -0.15) is 10.1 Å². The maximum atomic E-state index is 5.64. The molecule has 17 heavy (non-hydrogen) atoms. The Kier molecular flexibility index (Phi) is 3.88. The Morgan fingerprint density at radius 3 is 3.00 bits per heavy atom. The van der Waals surface area contributed by atoms with E-state index < -0.39 is 0 Å². The molecule has 1 N–H and O–H groups in total.